The highest BCUT2D eigenvalue weighted by Gasteiger charge is 2.15. The fraction of sp³-hybridized carbons (Fsp3) is 0.0476. The second kappa shape index (κ2) is 7.35. The van der Waals surface area contributed by atoms with Crippen LogP contribution < -0.4 is 10.3 Å². The molecule has 1 aromatic heterocycles. The normalized spacial score (nSPS) is 11.5. The zero-order valence-electron chi connectivity index (χ0n) is 15.3. The quantitative estimate of drug-likeness (QED) is 0.532. The van der Waals surface area contributed by atoms with Crippen LogP contribution in [0.2, 0.25) is 5.02 Å². The Hall–Kier alpha value is -3.16. The Balaban J connectivity index is 1.69. The van der Waals surface area contributed by atoms with Crippen molar-refractivity contribution in [2.75, 3.05) is 4.72 Å². The van der Waals surface area contributed by atoms with Gasteiger partial charge in [0.1, 0.15) is 5.82 Å². The van der Waals surface area contributed by atoms with Gasteiger partial charge in [-0.1, -0.05) is 29.8 Å². The van der Waals surface area contributed by atoms with Gasteiger partial charge in [-0.15, -0.1) is 0 Å². The third-order valence-electron chi connectivity index (χ3n) is 4.43. The first-order valence-electron chi connectivity index (χ1n) is 8.72. The van der Waals surface area contributed by atoms with Crippen molar-refractivity contribution in [3.63, 3.8) is 0 Å². The van der Waals surface area contributed by atoms with E-state index in [4.69, 9.17) is 11.6 Å². The van der Waals surface area contributed by atoms with Gasteiger partial charge in [-0.25, -0.2) is 13.4 Å². The summed E-state index contributed by atoms with van der Waals surface area (Å²) in [5, 5.41) is 0.853. The molecule has 0 aliphatic carbocycles. The van der Waals surface area contributed by atoms with Crippen molar-refractivity contribution in [1.29, 1.82) is 0 Å². The van der Waals surface area contributed by atoms with E-state index in [0.717, 1.165) is 0 Å². The molecule has 146 valence electrons. The number of aryl methyl sites for hydroxylation is 1. The van der Waals surface area contributed by atoms with Crippen molar-refractivity contribution in [2.24, 2.45) is 0 Å². The monoisotopic (exact) mass is 425 g/mol. The summed E-state index contributed by atoms with van der Waals surface area (Å²) in [6.45, 7) is 1.75. The van der Waals surface area contributed by atoms with Gasteiger partial charge in [-0.05, 0) is 61.5 Å². The van der Waals surface area contributed by atoms with Gasteiger partial charge in [-0.3, -0.25) is 14.1 Å². The maximum absolute atomic E-state index is 12.9. The van der Waals surface area contributed by atoms with E-state index >= 15 is 0 Å². The average molecular weight is 426 g/mol. The standard InChI is InChI=1S/C21H16ClN3O3S/c1-14-23-20-8-3-2-7-19(20)21(26)25(14)17-11-9-16(10-12-17)24-29(27,28)18-6-4-5-15(22)13-18/h2-13,24H,1H3. The molecular formula is C21H16ClN3O3S. The maximum Gasteiger partial charge on any atom is 0.265 e. The van der Waals surface area contributed by atoms with Crippen molar-refractivity contribution in [1.82, 2.24) is 9.55 Å². The van der Waals surface area contributed by atoms with Crippen molar-refractivity contribution in [2.45, 2.75) is 11.8 Å². The van der Waals surface area contributed by atoms with Gasteiger partial charge in [0.2, 0.25) is 0 Å². The predicted molar refractivity (Wildman–Crippen MR) is 114 cm³/mol. The minimum atomic E-state index is -3.77. The number of halogens is 1. The lowest BCUT2D eigenvalue weighted by Gasteiger charge is -2.12. The lowest BCUT2D eigenvalue weighted by atomic mass is 10.2. The van der Waals surface area contributed by atoms with Gasteiger partial charge in [0.05, 0.1) is 21.5 Å². The molecule has 6 nitrogen and oxygen atoms in total. The molecule has 1 N–H and O–H groups in total. The van der Waals surface area contributed by atoms with Gasteiger partial charge < -0.3 is 0 Å². The summed E-state index contributed by atoms with van der Waals surface area (Å²) in [6, 6.07) is 19.7. The van der Waals surface area contributed by atoms with Crippen LogP contribution in [0.5, 0.6) is 0 Å². The second-order valence-electron chi connectivity index (χ2n) is 6.43. The molecule has 0 aliphatic heterocycles. The SMILES string of the molecule is Cc1nc2ccccc2c(=O)n1-c1ccc(NS(=O)(=O)c2cccc(Cl)c2)cc1. The number of aromatic nitrogens is 2. The highest BCUT2D eigenvalue weighted by atomic mass is 35.5. The Morgan fingerprint density at radius 1 is 0.966 bits per heavy atom. The number of para-hydroxylation sites is 1. The minimum Gasteiger partial charge on any atom is -0.280 e. The molecule has 3 aromatic carbocycles. The molecule has 0 spiro atoms. The molecule has 8 heteroatoms. The molecule has 4 rings (SSSR count). The zero-order valence-corrected chi connectivity index (χ0v) is 16.9. The molecule has 0 bridgehead atoms. The van der Waals surface area contributed by atoms with Gasteiger partial charge >= 0.3 is 0 Å². The Bertz CT molecular complexity index is 1380. The Labute approximate surface area is 172 Å². The largest absolute Gasteiger partial charge is 0.280 e. The van der Waals surface area contributed by atoms with E-state index < -0.39 is 10.0 Å². The molecule has 0 fully saturated rings. The first-order valence-corrected chi connectivity index (χ1v) is 10.6. The van der Waals surface area contributed by atoms with Crippen LogP contribution in [-0.4, -0.2) is 18.0 Å². The topological polar surface area (TPSA) is 81.1 Å². The van der Waals surface area contributed by atoms with Crippen LogP contribution >= 0.6 is 11.6 Å². The number of hydrogen-bond acceptors (Lipinski definition) is 4. The summed E-state index contributed by atoms with van der Waals surface area (Å²) < 4.78 is 29.1. The fourth-order valence-corrected chi connectivity index (χ4v) is 4.43. The van der Waals surface area contributed by atoms with E-state index in [2.05, 4.69) is 9.71 Å². The number of sulfonamides is 1. The van der Waals surface area contributed by atoms with Crippen LogP contribution in [0.15, 0.2) is 82.5 Å². The first-order chi connectivity index (χ1) is 13.8. The third-order valence-corrected chi connectivity index (χ3v) is 6.04. The molecule has 0 saturated carbocycles. The molecule has 0 amide bonds. The number of benzene rings is 3. The van der Waals surface area contributed by atoms with Crippen molar-refractivity contribution < 1.29 is 8.42 Å². The predicted octanol–water partition coefficient (Wildman–Crippen LogP) is 4.15. The van der Waals surface area contributed by atoms with Crippen molar-refractivity contribution in [3.8, 4) is 5.69 Å². The van der Waals surface area contributed by atoms with Gasteiger partial charge in [0.15, 0.2) is 0 Å². The Morgan fingerprint density at radius 2 is 1.69 bits per heavy atom. The molecule has 29 heavy (non-hydrogen) atoms. The molecule has 0 atom stereocenters. The van der Waals surface area contributed by atoms with Crippen LogP contribution in [0.1, 0.15) is 5.82 Å². The van der Waals surface area contributed by atoms with E-state index in [9.17, 15) is 13.2 Å². The maximum atomic E-state index is 12.9. The highest BCUT2D eigenvalue weighted by Crippen LogP contribution is 2.21. The van der Waals surface area contributed by atoms with Crippen LogP contribution in [0.3, 0.4) is 0 Å². The number of fused-ring (bicyclic) bond motifs is 1. The van der Waals surface area contributed by atoms with Crippen LogP contribution in [0, 0.1) is 6.92 Å². The molecule has 0 saturated heterocycles. The summed E-state index contributed by atoms with van der Waals surface area (Å²) in [7, 11) is -3.77. The summed E-state index contributed by atoms with van der Waals surface area (Å²) in [6.07, 6.45) is 0. The van der Waals surface area contributed by atoms with Gasteiger partial charge in [0, 0.05) is 10.7 Å². The first kappa shape index (κ1) is 19.2. The number of nitrogens with zero attached hydrogens (tertiary/aromatic N) is 2. The van der Waals surface area contributed by atoms with Crippen LogP contribution in [0.4, 0.5) is 5.69 Å². The summed E-state index contributed by atoms with van der Waals surface area (Å²) in [5.41, 5.74) is 1.42. The zero-order chi connectivity index (χ0) is 20.6. The van der Waals surface area contributed by atoms with E-state index in [1.54, 1.807) is 61.5 Å². The van der Waals surface area contributed by atoms with Crippen LogP contribution in [-0.2, 0) is 10.0 Å². The number of anilines is 1. The number of rotatable bonds is 4. The van der Waals surface area contributed by atoms with Crippen molar-refractivity contribution >= 4 is 38.2 Å². The van der Waals surface area contributed by atoms with E-state index in [0.29, 0.717) is 33.1 Å². The summed E-state index contributed by atoms with van der Waals surface area (Å²) in [4.78, 5) is 17.4. The minimum absolute atomic E-state index is 0.0693. The second-order valence-corrected chi connectivity index (χ2v) is 8.55. The lowest BCUT2D eigenvalue weighted by Crippen LogP contribution is -2.22. The summed E-state index contributed by atoms with van der Waals surface area (Å²) in [5.74, 6) is 0.543. The van der Waals surface area contributed by atoms with E-state index in [1.165, 1.54) is 16.7 Å². The smallest absolute Gasteiger partial charge is 0.265 e. The van der Waals surface area contributed by atoms with Crippen LogP contribution in [0.25, 0.3) is 16.6 Å². The molecule has 0 radical (unpaired) electrons. The van der Waals surface area contributed by atoms with E-state index in [-0.39, 0.29) is 10.5 Å². The van der Waals surface area contributed by atoms with Gasteiger partial charge in [0.25, 0.3) is 15.6 Å². The van der Waals surface area contributed by atoms with Gasteiger partial charge in [-0.2, -0.15) is 0 Å². The molecular weight excluding hydrogens is 410 g/mol. The summed E-state index contributed by atoms with van der Waals surface area (Å²) >= 11 is 5.88. The number of hydrogen-bond donors (Lipinski definition) is 1. The third kappa shape index (κ3) is 3.74. The molecule has 0 unspecified atom stereocenters. The number of nitrogens with one attached hydrogen (secondary N) is 1. The fourth-order valence-electron chi connectivity index (χ4n) is 3.07. The molecule has 0 aliphatic rings. The lowest BCUT2D eigenvalue weighted by molar-refractivity contribution is 0.601. The Kier molecular flexibility index (Phi) is 4.86. The average Bonchev–Trinajstić information content (AvgIpc) is 2.69. The Morgan fingerprint density at radius 3 is 2.41 bits per heavy atom. The molecule has 4 aromatic rings. The van der Waals surface area contributed by atoms with E-state index in [1.807, 2.05) is 6.07 Å². The van der Waals surface area contributed by atoms with Crippen molar-refractivity contribution in [3.05, 3.63) is 94.0 Å². The highest BCUT2D eigenvalue weighted by molar-refractivity contribution is 7.92. The molecule has 1 heterocycles.